The van der Waals surface area contributed by atoms with Crippen molar-refractivity contribution in [3.8, 4) is 0 Å². The third kappa shape index (κ3) is 31.3. The summed E-state index contributed by atoms with van der Waals surface area (Å²) in [5.41, 5.74) is 0. The number of hydrogen-bond donors (Lipinski definition) is 2. The zero-order chi connectivity index (χ0) is 12.8. The van der Waals surface area contributed by atoms with Crippen LogP contribution in [0.2, 0.25) is 0 Å². The van der Waals surface area contributed by atoms with E-state index in [-0.39, 0.29) is 13.5 Å². The van der Waals surface area contributed by atoms with Crippen LogP contribution in [0.4, 0.5) is 0 Å². The third-order valence-corrected chi connectivity index (χ3v) is 1.99. The molecule has 0 fully saturated rings. The van der Waals surface area contributed by atoms with E-state index in [1.54, 1.807) is 0 Å². The van der Waals surface area contributed by atoms with Gasteiger partial charge in [-0.3, -0.25) is 9.59 Å². The van der Waals surface area contributed by atoms with Crippen molar-refractivity contribution in [3.63, 3.8) is 0 Å². The quantitative estimate of drug-likeness (QED) is 0.660. The van der Waals surface area contributed by atoms with E-state index in [4.69, 9.17) is 10.2 Å². The topological polar surface area (TPSA) is 74.6 Å². The highest BCUT2D eigenvalue weighted by molar-refractivity contribution is 7.59. The Morgan fingerprint density at radius 1 is 0.765 bits per heavy atom. The van der Waals surface area contributed by atoms with E-state index in [9.17, 15) is 9.59 Å². The first-order valence-corrected chi connectivity index (χ1v) is 5.98. The number of carboxylic acids is 2. The van der Waals surface area contributed by atoms with Crippen molar-refractivity contribution in [2.24, 2.45) is 0 Å². The summed E-state index contributed by atoms with van der Waals surface area (Å²) in [4.78, 5) is 19.7. The summed E-state index contributed by atoms with van der Waals surface area (Å²) in [6.45, 7) is 4.11. The predicted octanol–water partition coefficient (Wildman–Crippen LogP) is 3.42. The van der Waals surface area contributed by atoms with Crippen LogP contribution in [0.1, 0.15) is 65.2 Å². The summed E-state index contributed by atoms with van der Waals surface area (Å²) < 4.78 is 0. The highest BCUT2D eigenvalue weighted by Gasteiger charge is 1.93. The van der Waals surface area contributed by atoms with Crippen molar-refractivity contribution in [2.75, 3.05) is 0 Å². The number of aliphatic carboxylic acids is 2. The van der Waals surface area contributed by atoms with Gasteiger partial charge in [0.15, 0.2) is 0 Å². The molecule has 0 aliphatic rings. The first kappa shape index (κ1) is 21.6. The minimum absolute atomic E-state index is 0. The number of unbranched alkanes of at least 4 members (excludes halogenated alkanes) is 4. The fourth-order valence-corrected chi connectivity index (χ4v) is 1.05. The first-order chi connectivity index (χ1) is 7.54. The van der Waals surface area contributed by atoms with Gasteiger partial charge in [0.25, 0.3) is 0 Å². The van der Waals surface area contributed by atoms with Gasteiger partial charge in [0, 0.05) is 12.8 Å². The van der Waals surface area contributed by atoms with Gasteiger partial charge in [-0.1, -0.05) is 39.5 Å². The van der Waals surface area contributed by atoms with E-state index >= 15 is 0 Å². The zero-order valence-electron chi connectivity index (χ0n) is 10.9. The zero-order valence-corrected chi connectivity index (χ0v) is 11.9. The predicted molar refractivity (Wildman–Crippen MR) is 73.9 cm³/mol. The Balaban J connectivity index is -0.000000218. The maximum atomic E-state index is 9.87. The monoisotopic (exact) mass is 266 g/mol. The smallest absolute Gasteiger partial charge is 0.303 e. The molecule has 104 valence electrons. The van der Waals surface area contributed by atoms with Gasteiger partial charge in [0.2, 0.25) is 0 Å². The van der Waals surface area contributed by atoms with Crippen LogP contribution < -0.4 is 0 Å². The highest BCUT2D eigenvalue weighted by Crippen LogP contribution is 1.97. The van der Waals surface area contributed by atoms with Crippen molar-refractivity contribution in [1.29, 1.82) is 0 Å². The molecule has 0 aliphatic heterocycles. The van der Waals surface area contributed by atoms with E-state index < -0.39 is 11.9 Å². The lowest BCUT2D eigenvalue weighted by atomic mass is 10.2. The van der Waals surface area contributed by atoms with Crippen LogP contribution in [0.15, 0.2) is 0 Å². The molecule has 0 aromatic carbocycles. The van der Waals surface area contributed by atoms with Crippen molar-refractivity contribution in [1.82, 2.24) is 0 Å². The van der Waals surface area contributed by atoms with E-state index in [1.807, 2.05) is 0 Å². The minimum Gasteiger partial charge on any atom is -0.481 e. The van der Waals surface area contributed by atoms with Crippen LogP contribution in [0.3, 0.4) is 0 Å². The molecule has 5 heteroatoms. The Morgan fingerprint density at radius 2 is 1.06 bits per heavy atom. The molecule has 0 atom stereocenters. The second kappa shape index (κ2) is 17.7. The van der Waals surface area contributed by atoms with E-state index in [0.717, 1.165) is 38.5 Å². The average molecular weight is 266 g/mol. The summed E-state index contributed by atoms with van der Waals surface area (Å²) in [7, 11) is 0. The number of hydrogen-bond acceptors (Lipinski definition) is 2. The summed E-state index contributed by atoms with van der Waals surface area (Å²) in [5.74, 6) is -1.36. The molecule has 0 amide bonds. The van der Waals surface area contributed by atoms with Gasteiger partial charge in [-0.15, -0.1) is 0 Å². The number of rotatable bonds is 8. The Morgan fingerprint density at radius 3 is 1.24 bits per heavy atom. The van der Waals surface area contributed by atoms with Crippen molar-refractivity contribution in [2.45, 2.75) is 65.2 Å². The minimum atomic E-state index is -0.682. The molecule has 0 unspecified atom stereocenters. The van der Waals surface area contributed by atoms with E-state index in [2.05, 4.69) is 13.8 Å². The van der Waals surface area contributed by atoms with Crippen LogP contribution in [-0.4, -0.2) is 22.2 Å². The summed E-state index contributed by atoms with van der Waals surface area (Å²) in [6, 6.07) is 0. The second-order valence-corrected chi connectivity index (χ2v) is 3.70. The standard InChI is InChI=1S/2C6H12O2.H2S/c2*1-2-3-4-5-6(7)8;/h2*2-5H2,1H3,(H,7,8);1H2. The molecule has 0 aromatic rings. The van der Waals surface area contributed by atoms with Gasteiger partial charge in [-0.25, -0.2) is 0 Å². The summed E-state index contributed by atoms with van der Waals surface area (Å²) >= 11 is 0. The van der Waals surface area contributed by atoms with Crippen molar-refractivity contribution >= 4 is 25.4 Å². The third-order valence-electron chi connectivity index (χ3n) is 1.99. The van der Waals surface area contributed by atoms with Crippen molar-refractivity contribution < 1.29 is 19.8 Å². The SMILES string of the molecule is CCCCCC(=O)O.CCCCCC(=O)O.S. The fraction of sp³-hybridized carbons (Fsp3) is 0.833. The molecule has 0 aromatic heterocycles. The van der Waals surface area contributed by atoms with Gasteiger partial charge < -0.3 is 10.2 Å². The molecular formula is C12H26O4S. The molecule has 4 nitrogen and oxygen atoms in total. The molecule has 17 heavy (non-hydrogen) atoms. The molecule has 0 aliphatic carbocycles. The first-order valence-electron chi connectivity index (χ1n) is 5.98. The Kier molecular flexibility index (Phi) is 22.4. The summed E-state index contributed by atoms with van der Waals surface area (Å²) in [5, 5.41) is 16.3. The fourth-order valence-electron chi connectivity index (χ4n) is 1.05. The Bertz CT molecular complexity index is 163. The maximum Gasteiger partial charge on any atom is 0.303 e. The lowest BCUT2D eigenvalue weighted by Crippen LogP contribution is -1.92. The Hall–Kier alpha value is -0.710. The van der Waals surface area contributed by atoms with Gasteiger partial charge in [-0.2, -0.15) is 13.5 Å². The molecule has 0 rings (SSSR count). The molecule has 0 saturated heterocycles. The van der Waals surface area contributed by atoms with Crippen LogP contribution in [0.25, 0.3) is 0 Å². The normalized spacial score (nSPS) is 8.59. The highest BCUT2D eigenvalue weighted by atomic mass is 32.1. The molecule has 0 radical (unpaired) electrons. The van der Waals surface area contributed by atoms with Crippen molar-refractivity contribution in [3.05, 3.63) is 0 Å². The van der Waals surface area contributed by atoms with Crippen LogP contribution >= 0.6 is 13.5 Å². The number of carboxylic acid groups (broad SMARTS) is 2. The Labute approximate surface area is 111 Å². The molecule has 0 heterocycles. The largest absolute Gasteiger partial charge is 0.481 e. The average Bonchev–Trinajstić information content (AvgIpc) is 2.18. The summed E-state index contributed by atoms with van der Waals surface area (Å²) in [6.07, 6.45) is 6.55. The molecule has 0 saturated carbocycles. The van der Waals surface area contributed by atoms with E-state index in [1.165, 1.54) is 0 Å². The molecule has 0 spiro atoms. The molecule has 2 N–H and O–H groups in total. The number of carbonyl (C=O) groups is 2. The van der Waals surface area contributed by atoms with Gasteiger partial charge in [-0.05, 0) is 12.8 Å². The lowest BCUT2D eigenvalue weighted by Gasteiger charge is -1.89. The van der Waals surface area contributed by atoms with Crippen LogP contribution in [-0.2, 0) is 9.59 Å². The van der Waals surface area contributed by atoms with Gasteiger partial charge in [0.1, 0.15) is 0 Å². The van der Waals surface area contributed by atoms with Crippen LogP contribution in [0, 0.1) is 0 Å². The van der Waals surface area contributed by atoms with Crippen LogP contribution in [0.5, 0.6) is 0 Å². The maximum absolute atomic E-state index is 9.87. The lowest BCUT2D eigenvalue weighted by molar-refractivity contribution is -0.138. The molecule has 0 bridgehead atoms. The second-order valence-electron chi connectivity index (χ2n) is 3.70. The van der Waals surface area contributed by atoms with Gasteiger partial charge >= 0.3 is 11.9 Å². The van der Waals surface area contributed by atoms with Gasteiger partial charge in [0.05, 0.1) is 0 Å². The van der Waals surface area contributed by atoms with E-state index in [0.29, 0.717) is 12.8 Å². The molecular weight excluding hydrogens is 240 g/mol.